The number of halogens is 1. The van der Waals surface area contributed by atoms with Crippen LogP contribution in [0, 0.1) is 0 Å². The summed E-state index contributed by atoms with van der Waals surface area (Å²) >= 11 is 0. The standard InChI is InChI=1S/C21H22FN5O2/c1-21(22)8-4-7-17(21)26-18-15(20(24)29)10-25-27-11-12(9-16(18)27)13-5-2-3-6-14(13)19(23)28/h2-3,5-6,9-11,17,26H,4,7-8H2,1H3,(H2,23,28)(H2,24,29). The molecule has 0 saturated heterocycles. The molecule has 2 amide bonds. The van der Waals surface area contributed by atoms with Gasteiger partial charge in [-0.3, -0.25) is 9.59 Å². The Morgan fingerprint density at radius 3 is 2.62 bits per heavy atom. The fraction of sp³-hybridized carbons (Fsp3) is 0.286. The van der Waals surface area contributed by atoms with Crippen LogP contribution in [0.2, 0.25) is 0 Å². The molecule has 2 aromatic heterocycles. The van der Waals surface area contributed by atoms with Crippen LogP contribution in [-0.4, -0.2) is 33.1 Å². The maximum Gasteiger partial charge on any atom is 0.252 e. The van der Waals surface area contributed by atoms with Crippen molar-refractivity contribution in [1.29, 1.82) is 0 Å². The summed E-state index contributed by atoms with van der Waals surface area (Å²) in [4.78, 5) is 23.8. The minimum atomic E-state index is -1.39. The number of nitrogens with two attached hydrogens (primary N) is 2. The van der Waals surface area contributed by atoms with Crippen LogP contribution in [0.5, 0.6) is 0 Å². The number of nitrogens with one attached hydrogen (secondary N) is 1. The van der Waals surface area contributed by atoms with E-state index in [4.69, 9.17) is 11.5 Å². The molecule has 0 bridgehead atoms. The minimum Gasteiger partial charge on any atom is -0.377 e. The Kier molecular flexibility index (Phi) is 4.49. The van der Waals surface area contributed by atoms with Crippen LogP contribution in [0.3, 0.4) is 0 Å². The summed E-state index contributed by atoms with van der Waals surface area (Å²) in [5.74, 6) is -1.19. The molecule has 5 N–H and O–H groups in total. The summed E-state index contributed by atoms with van der Waals surface area (Å²) in [5, 5.41) is 7.46. The molecule has 2 heterocycles. The number of hydrogen-bond donors (Lipinski definition) is 3. The van der Waals surface area contributed by atoms with E-state index in [2.05, 4.69) is 10.4 Å². The molecule has 150 valence electrons. The van der Waals surface area contributed by atoms with E-state index in [1.165, 1.54) is 6.20 Å². The molecular formula is C21H22FN5O2. The van der Waals surface area contributed by atoms with Gasteiger partial charge in [0.15, 0.2) is 0 Å². The molecule has 29 heavy (non-hydrogen) atoms. The molecule has 0 spiro atoms. The van der Waals surface area contributed by atoms with Crippen LogP contribution in [0.25, 0.3) is 16.6 Å². The highest BCUT2D eigenvalue weighted by Crippen LogP contribution is 2.37. The van der Waals surface area contributed by atoms with E-state index in [1.54, 1.807) is 48.0 Å². The van der Waals surface area contributed by atoms with Gasteiger partial charge in [0.05, 0.1) is 29.0 Å². The lowest BCUT2D eigenvalue weighted by atomic mass is 10.0. The van der Waals surface area contributed by atoms with Crippen LogP contribution in [-0.2, 0) is 0 Å². The summed E-state index contributed by atoms with van der Waals surface area (Å²) in [6, 6.07) is 8.31. The van der Waals surface area contributed by atoms with E-state index in [9.17, 15) is 14.0 Å². The normalized spacial score (nSPS) is 21.4. The monoisotopic (exact) mass is 395 g/mol. The number of rotatable bonds is 5. The number of nitrogens with zero attached hydrogens (tertiary/aromatic N) is 2. The lowest BCUT2D eigenvalue weighted by Gasteiger charge is -2.26. The second-order valence-corrected chi connectivity index (χ2v) is 7.63. The van der Waals surface area contributed by atoms with Crippen LogP contribution >= 0.6 is 0 Å². The van der Waals surface area contributed by atoms with Crippen LogP contribution < -0.4 is 16.8 Å². The molecule has 7 nitrogen and oxygen atoms in total. The summed E-state index contributed by atoms with van der Waals surface area (Å²) in [5.41, 5.74) is 12.6. The third kappa shape index (κ3) is 3.30. The number of primary amides is 2. The highest BCUT2D eigenvalue weighted by molar-refractivity contribution is 6.03. The second kappa shape index (κ2) is 6.88. The van der Waals surface area contributed by atoms with Crippen molar-refractivity contribution in [3.63, 3.8) is 0 Å². The largest absolute Gasteiger partial charge is 0.377 e. The first-order chi connectivity index (χ1) is 13.8. The summed E-state index contributed by atoms with van der Waals surface area (Å²) in [6.07, 6.45) is 4.96. The molecule has 1 saturated carbocycles. The number of alkyl halides is 1. The quantitative estimate of drug-likeness (QED) is 0.616. The zero-order chi connectivity index (χ0) is 20.8. The van der Waals surface area contributed by atoms with Gasteiger partial charge in [0, 0.05) is 17.3 Å². The summed E-state index contributed by atoms with van der Waals surface area (Å²) < 4.78 is 16.4. The Balaban J connectivity index is 1.87. The van der Waals surface area contributed by atoms with Crippen molar-refractivity contribution in [2.75, 3.05) is 5.32 Å². The van der Waals surface area contributed by atoms with Gasteiger partial charge in [0.2, 0.25) is 5.91 Å². The first kappa shape index (κ1) is 18.9. The average Bonchev–Trinajstić information content (AvgIpc) is 3.25. The first-order valence-corrected chi connectivity index (χ1v) is 9.44. The van der Waals surface area contributed by atoms with Gasteiger partial charge >= 0.3 is 0 Å². The molecule has 0 radical (unpaired) electrons. The van der Waals surface area contributed by atoms with E-state index < -0.39 is 23.5 Å². The third-order valence-electron chi connectivity index (χ3n) is 5.61. The number of benzene rings is 1. The summed E-state index contributed by atoms with van der Waals surface area (Å²) in [7, 11) is 0. The van der Waals surface area contributed by atoms with Crippen LogP contribution in [0.1, 0.15) is 46.9 Å². The number of fused-ring (bicyclic) bond motifs is 1. The molecule has 1 fully saturated rings. The van der Waals surface area contributed by atoms with Gasteiger partial charge in [0.25, 0.3) is 5.91 Å². The van der Waals surface area contributed by atoms with Crippen molar-refractivity contribution >= 4 is 23.0 Å². The molecule has 2 unspecified atom stereocenters. The van der Waals surface area contributed by atoms with Crippen LogP contribution in [0.4, 0.5) is 10.1 Å². The lowest BCUT2D eigenvalue weighted by molar-refractivity contribution is 0.0992. The van der Waals surface area contributed by atoms with Crippen molar-refractivity contribution < 1.29 is 14.0 Å². The van der Waals surface area contributed by atoms with Gasteiger partial charge in [-0.15, -0.1) is 0 Å². The minimum absolute atomic E-state index is 0.188. The van der Waals surface area contributed by atoms with Crippen molar-refractivity contribution in [3.8, 4) is 11.1 Å². The number of aromatic nitrogens is 2. The van der Waals surface area contributed by atoms with Crippen molar-refractivity contribution in [1.82, 2.24) is 9.61 Å². The number of carbonyl (C=O) groups excluding carboxylic acids is 2. The van der Waals surface area contributed by atoms with E-state index in [1.807, 2.05) is 0 Å². The number of anilines is 1. The smallest absolute Gasteiger partial charge is 0.252 e. The van der Waals surface area contributed by atoms with E-state index in [-0.39, 0.29) is 5.56 Å². The van der Waals surface area contributed by atoms with Gasteiger partial charge in [0.1, 0.15) is 5.67 Å². The molecule has 8 heteroatoms. The number of carbonyl (C=O) groups is 2. The molecule has 4 rings (SSSR count). The maximum absolute atomic E-state index is 14.9. The maximum atomic E-state index is 14.9. The lowest BCUT2D eigenvalue weighted by Crippen LogP contribution is -2.36. The van der Waals surface area contributed by atoms with Crippen molar-refractivity contribution in [2.24, 2.45) is 11.5 Å². The number of amides is 2. The molecule has 1 aromatic carbocycles. The van der Waals surface area contributed by atoms with Gasteiger partial charge in [-0.1, -0.05) is 18.2 Å². The van der Waals surface area contributed by atoms with E-state index in [0.717, 1.165) is 6.42 Å². The fourth-order valence-electron chi connectivity index (χ4n) is 4.02. The highest BCUT2D eigenvalue weighted by Gasteiger charge is 2.39. The number of hydrogen-bond acceptors (Lipinski definition) is 4. The van der Waals surface area contributed by atoms with Gasteiger partial charge in [-0.05, 0) is 43.9 Å². The predicted octanol–water partition coefficient (Wildman–Crippen LogP) is 2.89. The van der Waals surface area contributed by atoms with Crippen molar-refractivity contribution in [3.05, 3.63) is 53.9 Å². The molecule has 1 aliphatic rings. The SMILES string of the molecule is CC1(F)CCCC1Nc1c(C(N)=O)cnn2cc(-c3ccccc3C(N)=O)cc12. The van der Waals surface area contributed by atoms with Gasteiger partial charge in [-0.25, -0.2) is 8.91 Å². The average molecular weight is 395 g/mol. The zero-order valence-corrected chi connectivity index (χ0v) is 16.0. The molecule has 1 aliphatic carbocycles. The Morgan fingerprint density at radius 1 is 1.24 bits per heavy atom. The Bertz CT molecular complexity index is 1120. The predicted molar refractivity (Wildman–Crippen MR) is 108 cm³/mol. The van der Waals surface area contributed by atoms with Crippen LogP contribution in [0.15, 0.2) is 42.7 Å². The van der Waals surface area contributed by atoms with Gasteiger partial charge in [-0.2, -0.15) is 5.10 Å². The summed E-state index contributed by atoms with van der Waals surface area (Å²) in [6.45, 7) is 1.56. The highest BCUT2D eigenvalue weighted by atomic mass is 19.1. The molecular weight excluding hydrogens is 373 g/mol. The molecule has 0 aliphatic heterocycles. The van der Waals surface area contributed by atoms with E-state index in [0.29, 0.717) is 40.7 Å². The fourth-order valence-corrected chi connectivity index (χ4v) is 4.02. The second-order valence-electron chi connectivity index (χ2n) is 7.63. The Labute approximate surface area is 166 Å². The molecule has 2 atom stereocenters. The Hall–Kier alpha value is -3.42. The van der Waals surface area contributed by atoms with Crippen molar-refractivity contribution in [2.45, 2.75) is 37.9 Å². The van der Waals surface area contributed by atoms with E-state index >= 15 is 0 Å². The van der Waals surface area contributed by atoms with Gasteiger partial charge < -0.3 is 16.8 Å². The topological polar surface area (TPSA) is 116 Å². The molecule has 3 aromatic rings. The first-order valence-electron chi connectivity index (χ1n) is 9.44. The Morgan fingerprint density at radius 2 is 1.97 bits per heavy atom. The third-order valence-corrected chi connectivity index (χ3v) is 5.61. The zero-order valence-electron chi connectivity index (χ0n) is 16.0.